The van der Waals surface area contributed by atoms with Crippen molar-refractivity contribution in [2.45, 2.75) is 6.92 Å². The Morgan fingerprint density at radius 2 is 1.36 bits per heavy atom. The number of carbonyl (C=O) groups is 1. The van der Waals surface area contributed by atoms with Crippen LogP contribution in [-0.2, 0) is 0 Å². The third-order valence-corrected chi connectivity index (χ3v) is 3.22. The third kappa shape index (κ3) is 6.83. The van der Waals surface area contributed by atoms with E-state index in [0.29, 0.717) is 0 Å². The number of hydrogen-bond donors (Lipinski definition) is 2. The number of benzene rings is 2. The number of hydrogen-bond acceptors (Lipinski definition) is 3. The van der Waals surface area contributed by atoms with Crippen LogP contribution in [0.5, 0.6) is 11.5 Å². The molecule has 25 heavy (non-hydrogen) atoms. The van der Waals surface area contributed by atoms with Gasteiger partial charge in [-0.25, -0.2) is 4.79 Å². The van der Waals surface area contributed by atoms with Crippen LogP contribution in [0.4, 0.5) is 4.79 Å². The predicted octanol–water partition coefficient (Wildman–Crippen LogP) is 4.93. The van der Waals surface area contributed by atoms with Crippen LogP contribution < -0.4 is 9.47 Å². The van der Waals surface area contributed by atoms with Gasteiger partial charge in [-0.1, -0.05) is 42.5 Å². The van der Waals surface area contributed by atoms with E-state index in [1.54, 1.807) is 14.2 Å². The molecule has 0 heterocycles. The highest BCUT2D eigenvalue weighted by molar-refractivity contribution is 5.81. The average molecular weight is 342 g/mol. The standard InChI is InChI=1S/C19H20O2.CH2O3/c1-4-5-12-19(15-8-6-10-17(13-15)20-2)16-9-7-11-18(14-16)21-3;2-1(3)4/h4-14H,1-3H3;(H2,2,3,4)/b5-4+;. The van der Waals surface area contributed by atoms with Gasteiger partial charge in [-0.3, -0.25) is 0 Å². The molecule has 0 saturated heterocycles. The second kappa shape index (κ2) is 10.5. The molecule has 0 amide bonds. The van der Waals surface area contributed by atoms with E-state index in [0.717, 1.165) is 28.2 Å². The van der Waals surface area contributed by atoms with Crippen LogP contribution in [0.3, 0.4) is 0 Å². The summed E-state index contributed by atoms with van der Waals surface area (Å²) in [5.41, 5.74) is 3.35. The maximum absolute atomic E-state index is 8.56. The van der Waals surface area contributed by atoms with Crippen LogP contribution in [0.15, 0.2) is 66.8 Å². The molecule has 0 fully saturated rings. The van der Waals surface area contributed by atoms with Gasteiger partial charge < -0.3 is 19.7 Å². The highest BCUT2D eigenvalue weighted by Gasteiger charge is 2.06. The highest BCUT2D eigenvalue weighted by Crippen LogP contribution is 2.28. The average Bonchev–Trinajstić information content (AvgIpc) is 2.62. The summed E-state index contributed by atoms with van der Waals surface area (Å²) in [6.07, 6.45) is 4.32. The molecule has 0 radical (unpaired) electrons. The minimum absolute atomic E-state index is 0.849. The summed E-state index contributed by atoms with van der Waals surface area (Å²) in [5, 5.41) is 13.9. The van der Waals surface area contributed by atoms with E-state index < -0.39 is 6.16 Å². The molecule has 5 heteroatoms. The van der Waals surface area contributed by atoms with E-state index in [9.17, 15) is 0 Å². The lowest BCUT2D eigenvalue weighted by molar-refractivity contribution is 0.137. The normalized spacial score (nSPS) is 9.72. The van der Waals surface area contributed by atoms with E-state index in [4.69, 9.17) is 24.5 Å². The second-order valence-corrected chi connectivity index (χ2v) is 4.85. The van der Waals surface area contributed by atoms with Gasteiger partial charge in [-0.2, -0.15) is 0 Å². The molecule has 0 saturated carbocycles. The monoisotopic (exact) mass is 342 g/mol. The van der Waals surface area contributed by atoms with E-state index in [-0.39, 0.29) is 0 Å². The van der Waals surface area contributed by atoms with Crippen molar-refractivity contribution in [3.63, 3.8) is 0 Å². The van der Waals surface area contributed by atoms with Crippen molar-refractivity contribution in [2.75, 3.05) is 14.2 Å². The quantitative estimate of drug-likeness (QED) is 0.753. The Morgan fingerprint density at radius 3 is 1.72 bits per heavy atom. The zero-order valence-corrected chi connectivity index (χ0v) is 14.5. The van der Waals surface area contributed by atoms with Crippen molar-refractivity contribution in [3.8, 4) is 11.5 Å². The summed E-state index contributed by atoms with van der Waals surface area (Å²) >= 11 is 0. The molecule has 2 rings (SSSR count). The van der Waals surface area contributed by atoms with Crippen molar-refractivity contribution >= 4 is 11.7 Å². The fraction of sp³-hybridized carbons (Fsp3) is 0.150. The maximum atomic E-state index is 8.56. The summed E-state index contributed by atoms with van der Waals surface area (Å²) in [6, 6.07) is 16.1. The van der Waals surface area contributed by atoms with Crippen LogP contribution in [0, 0.1) is 0 Å². The summed E-state index contributed by atoms with van der Waals surface area (Å²) in [6.45, 7) is 2.01. The van der Waals surface area contributed by atoms with Crippen LogP contribution >= 0.6 is 0 Å². The van der Waals surface area contributed by atoms with Gasteiger partial charge in [0.1, 0.15) is 11.5 Å². The first-order chi connectivity index (χ1) is 12.0. The van der Waals surface area contributed by atoms with Gasteiger partial charge >= 0.3 is 6.16 Å². The molecule has 132 valence electrons. The molecule has 0 aliphatic rings. The van der Waals surface area contributed by atoms with Gasteiger partial charge in [0.2, 0.25) is 0 Å². The lowest BCUT2D eigenvalue weighted by Crippen LogP contribution is -1.91. The smallest absolute Gasteiger partial charge is 0.497 e. The first kappa shape index (κ1) is 19.8. The molecule has 0 bridgehead atoms. The lowest BCUT2D eigenvalue weighted by Gasteiger charge is -2.11. The molecule has 0 spiro atoms. The summed E-state index contributed by atoms with van der Waals surface area (Å²) < 4.78 is 10.6. The molecular formula is C20H22O5. The van der Waals surface area contributed by atoms with Crippen molar-refractivity contribution in [1.29, 1.82) is 0 Å². The Labute approximate surface area is 147 Å². The fourth-order valence-corrected chi connectivity index (χ4v) is 2.13. The summed E-state index contributed by atoms with van der Waals surface area (Å²) in [4.78, 5) is 8.56. The van der Waals surface area contributed by atoms with Crippen LogP contribution in [0.25, 0.3) is 5.57 Å². The number of allylic oxidation sites excluding steroid dienone is 3. The minimum Gasteiger partial charge on any atom is -0.497 e. The van der Waals surface area contributed by atoms with E-state index in [2.05, 4.69) is 18.2 Å². The molecule has 0 atom stereocenters. The minimum atomic E-state index is -1.83. The first-order valence-corrected chi connectivity index (χ1v) is 7.55. The number of ether oxygens (including phenoxy) is 2. The zero-order chi connectivity index (χ0) is 18.7. The topological polar surface area (TPSA) is 76.0 Å². The van der Waals surface area contributed by atoms with E-state index in [1.165, 1.54) is 0 Å². The van der Waals surface area contributed by atoms with Gasteiger partial charge in [-0.05, 0) is 47.9 Å². The van der Waals surface area contributed by atoms with Crippen molar-refractivity contribution in [2.24, 2.45) is 0 Å². The van der Waals surface area contributed by atoms with Crippen molar-refractivity contribution in [3.05, 3.63) is 77.9 Å². The van der Waals surface area contributed by atoms with E-state index in [1.807, 2.05) is 55.5 Å². The van der Waals surface area contributed by atoms with E-state index >= 15 is 0 Å². The Morgan fingerprint density at radius 1 is 0.920 bits per heavy atom. The van der Waals surface area contributed by atoms with Crippen LogP contribution in [0.2, 0.25) is 0 Å². The third-order valence-electron chi connectivity index (χ3n) is 3.22. The van der Waals surface area contributed by atoms with Gasteiger partial charge in [0.15, 0.2) is 0 Å². The Kier molecular flexibility index (Phi) is 8.37. The largest absolute Gasteiger partial charge is 0.503 e. The SMILES string of the molecule is C/C=C/C=C(c1cccc(OC)c1)c1cccc(OC)c1.O=C(O)O. The molecule has 2 aromatic rings. The van der Waals surface area contributed by atoms with Gasteiger partial charge in [0, 0.05) is 0 Å². The summed E-state index contributed by atoms with van der Waals surface area (Å²) in [7, 11) is 3.36. The molecule has 0 aliphatic carbocycles. The predicted molar refractivity (Wildman–Crippen MR) is 98.5 cm³/mol. The zero-order valence-electron chi connectivity index (χ0n) is 14.5. The number of carboxylic acid groups (broad SMARTS) is 2. The molecule has 0 aromatic heterocycles. The summed E-state index contributed by atoms with van der Waals surface area (Å²) in [5.74, 6) is 1.70. The molecule has 0 unspecified atom stereocenters. The lowest BCUT2D eigenvalue weighted by atomic mass is 9.97. The fourth-order valence-electron chi connectivity index (χ4n) is 2.13. The second-order valence-electron chi connectivity index (χ2n) is 4.85. The first-order valence-electron chi connectivity index (χ1n) is 7.55. The molecular weight excluding hydrogens is 320 g/mol. The number of rotatable bonds is 5. The van der Waals surface area contributed by atoms with Crippen LogP contribution in [0.1, 0.15) is 18.1 Å². The van der Waals surface area contributed by atoms with Crippen LogP contribution in [-0.4, -0.2) is 30.6 Å². The highest BCUT2D eigenvalue weighted by atomic mass is 16.6. The molecule has 0 aliphatic heterocycles. The van der Waals surface area contributed by atoms with Gasteiger partial charge in [0.05, 0.1) is 14.2 Å². The Balaban J connectivity index is 0.000000705. The Hall–Kier alpha value is -3.21. The molecule has 5 nitrogen and oxygen atoms in total. The van der Waals surface area contributed by atoms with Gasteiger partial charge in [0.25, 0.3) is 0 Å². The van der Waals surface area contributed by atoms with Crippen molar-refractivity contribution in [1.82, 2.24) is 0 Å². The molecule has 2 aromatic carbocycles. The molecule has 2 N–H and O–H groups in total. The van der Waals surface area contributed by atoms with Gasteiger partial charge in [-0.15, -0.1) is 0 Å². The Bertz CT molecular complexity index is 694. The maximum Gasteiger partial charge on any atom is 0.503 e. The van der Waals surface area contributed by atoms with Crippen molar-refractivity contribution < 1.29 is 24.5 Å². The number of methoxy groups -OCH3 is 2.